The average Bonchev–Trinajstić information content (AvgIpc) is 3.10. The van der Waals surface area contributed by atoms with Gasteiger partial charge in [-0.3, -0.25) is 9.69 Å². The lowest BCUT2D eigenvalue weighted by Crippen LogP contribution is -2.52. The summed E-state index contributed by atoms with van der Waals surface area (Å²) in [4.78, 5) is 16.4. The second-order valence-corrected chi connectivity index (χ2v) is 6.05. The number of aliphatic hydroxyl groups excluding tert-OH is 1. The number of hydrogen-bond acceptors (Lipinski definition) is 4. The first-order chi connectivity index (χ1) is 10.7. The molecule has 1 aromatic rings. The van der Waals surface area contributed by atoms with E-state index in [-0.39, 0.29) is 12.0 Å². The van der Waals surface area contributed by atoms with Gasteiger partial charge in [-0.15, -0.1) is 0 Å². The number of nitrogens with zero attached hydrogens (tertiary/aromatic N) is 2. The summed E-state index contributed by atoms with van der Waals surface area (Å²) in [6.45, 7) is 4.39. The first kappa shape index (κ1) is 15.5. The number of carbonyl (C=O) groups is 1. The third-order valence-electron chi connectivity index (χ3n) is 4.50. The van der Waals surface area contributed by atoms with E-state index < -0.39 is 6.10 Å². The molecule has 2 saturated heterocycles. The fourth-order valence-electron chi connectivity index (χ4n) is 3.15. The third-order valence-corrected chi connectivity index (χ3v) is 4.50. The summed E-state index contributed by atoms with van der Waals surface area (Å²) in [6.07, 6.45) is 1.15. The van der Waals surface area contributed by atoms with Crippen LogP contribution in [0.2, 0.25) is 0 Å². The zero-order chi connectivity index (χ0) is 15.4. The van der Waals surface area contributed by atoms with Crippen LogP contribution in [-0.2, 0) is 9.53 Å². The van der Waals surface area contributed by atoms with Gasteiger partial charge in [-0.05, 0) is 18.4 Å². The van der Waals surface area contributed by atoms with Crippen LogP contribution >= 0.6 is 0 Å². The Hall–Kier alpha value is -1.43. The summed E-state index contributed by atoms with van der Waals surface area (Å²) in [7, 11) is 0. The van der Waals surface area contributed by atoms with Crippen molar-refractivity contribution in [2.75, 3.05) is 39.3 Å². The minimum absolute atomic E-state index is 0.140. The van der Waals surface area contributed by atoms with E-state index in [1.54, 1.807) is 0 Å². The van der Waals surface area contributed by atoms with Crippen molar-refractivity contribution < 1.29 is 14.6 Å². The zero-order valence-electron chi connectivity index (χ0n) is 12.9. The van der Waals surface area contributed by atoms with Gasteiger partial charge in [0.2, 0.25) is 0 Å². The molecule has 1 aromatic carbocycles. The Labute approximate surface area is 131 Å². The molecular weight excluding hydrogens is 280 g/mol. The highest BCUT2D eigenvalue weighted by Crippen LogP contribution is 2.18. The standard InChI is InChI=1S/C17H24N2O3/c20-15(14-5-2-1-3-6-14)13-18-8-10-19(11-9-18)17(21)16-7-4-12-22-16/h1-3,5-6,15-16,20H,4,7-13H2/t15-,16+/m1/s1. The van der Waals surface area contributed by atoms with Crippen molar-refractivity contribution in [3.8, 4) is 0 Å². The Balaban J connectivity index is 1.46. The van der Waals surface area contributed by atoms with E-state index in [0.29, 0.717) is 13.2 Å². The van der Waals surface area contributed by atoms with E-state index in [2.05, 4.69) is 4.90 Å². The van der Waals surface area contributed by atoms with E-state index in [1.807, 2.05) is 35.2 Å². The summed E-state index contributed by atoms with van der Waals surface area (Å²) in [6, 6.07) is 9.73. The number of aliphatic hydroxyl groups is 1. The molecule has 2 heterocycles. The second kappa shape index (κ2) is 7.22. The smallest absolute Gasteiger partial charge is 0.251 e. The van der Waals surface area contributed by atoms with Crippen LogP contribution in [0.25, 0.3) is 0 Å². The molecule has 2 aliphatic heterocycles. The molecule has 0 spiro atoms. The molecule has 0 unspecified atom stereocenters. The van der Waals surface area contributed by atoms with Crippen molar-refractivity contribution in [3.63, 3.8) is 0 Å². The number of ether oxygens (including phenoxy) is 1. The predicted octanol–water partition coefficient (Wildman–Crippen LogP) is 1.04. The van der Waals surface area contributed by atoms with Crippen molar-refractivity contribution in [2.45, 2.75) is 25.0 Å². The van der Waals surface area contributed by atoms with Crippen molar-refractivity contribution in [2.24, 2.45) is 0 Å². The summed E-state index contributed by atoms with van der Waals surface area (Å²) in [5.74, 6) is 0.140. The molecule has 2 atom stereocenters. The lowest BCUT2D eigenvalue weighted by molar-refractivity contribution is -0.142. The molecule has 1 amide bonds. The summed E-state index contributed by atoms with van der Waals surface area (Å²) < 4.78 is 5.47. The molecule has 2 fully saturated rings. The predicted molar refractivity (Wildman–Crippen MR) is 83.4 cm³/mol. The van der Waals surface area contributed by atoms with Crippen LogP contribution in [0.5, 0.6) is 0 Å². The lowest BCUT2D eigenvalue weighted by Gasteiger charge is -2.36. The minimum Gasteiger partial charge on any atom is -0.387 e. The van der Waals surface area contributed by atoms with E-state index in [4.69, 9.17) is 4.74 Å². The summed E-state index contributed by atoms with van der Waals surface area (Å²) in [5, 5.41) is 10.3. The monoisotopic (exact) mass is 304 g/mol. The summed E-state index contributed by atoms with van der Waals surface area (Å²) in [5.41, 5.74) is 0.945. The van der Waals surface area contributed by atoms with E-state index in [0.717, 1.165) is 44.6 Å². The number of β-amino-alcohol motifs (C(OH)–C–C–N with tert-alkyl or cyclic N) is 1. The number of piperazine rings is 1. The van der Waals surface area contributed by atoms with Crippen LogP contribution in [0.1, 0.15) is 24.5 Å². The van der Waals surface area contributed by atoms with Crippen LogP contribution in [-0.4, -0.2) is 66.2 Å². The van der Waals surface area contributed by atoms with Gasteiger partial charge in [0.1, 0.15) is 6.10 Å². The average molecular weight is 304 g/mol. The largest absolute Gasteiger partial charge is 0.387 e. The highest BCUT2D eigenvalue weighted by atomic mass is 16.5. The van der Waals surface area contributed by atoms with Crippen LogP contribution in [0.3, 0.4) is 0 Å². The SMILES string of the molecule is O=C([C@@H]1CCCO1)N1CCN(C[C@@H](O)c2ccccc2)CC1. The fraction of sp³-hybridized carbons (Fsp3) is 0.588. The Morgan fingerprint density at radius 1 is 1.23 bits per heavy atom. The molecule has 0 aromatic heterocycles. The molecule has 5 heteroatoms. The van der Waals surface area contributed by atoms with Gasteiger partial charge in [-0.1, -0.05) is 30.3 Å². The number of hydrogen-bond donors (Lipinski definition) is 1. The van der Waals surface area contributed by atoms with E-state index >= 15 is 0 Å². The molecular formula is C17H24N2O3. The second-order valence-electron chi connectivity index (χ2n) is 6.05. The Kier molecular flexibility index (Phi) is 5.08. The minimum atomic E-state index is -0.471. The van der Waals surface area contributed by atoms with Crippen molar-refractivity contribution in [3.05, 3.63) is 35.9 Å². The normalized spacial score (nSPS) is 24.4. The molecule has 0 radical (unpaired) electrons. The van der Waals surface area contributed by atoms with Crippen LogP contribution < -0.4 is 0 Å². The van der Waals surface area contributed by atoms with Gasteiger partial charge < -0.3 is 14.7 Å². The van der Waals surface area contributed by atoms with E-state index in [9.17, 15) is 9.90 Å². The molecule has 1 N–H and O–H groups in total. The van der Waals surface area contributed by atoms with Gasteiger partial charge in [0, 0.05) is 39.3 Å². The number of benzene rings is 1. The maximum atomic E-state index is 12.3. The van der Waals surface area contributed by atoms with Gasteiger partial charge in [0.25, 0.3) is 5.91 Å². The van der Waals surface area contributed by atoms with Crippen molar-refractivity contribution in [1.29, 1.82) is 0 Å². The van der Waals surface area contributed by atoms with Crippen LogP contribution in [0, 0.1) is 0 Å². The first-order valence-corrected chi connectivity index (χ1v) is 8.10. The Morgan fingerprint density at radius 3 is 2.59 bits per heavy atom. The lowest BCUT2D eigenvalue weighted by atomic mass is 10.1. The van der Waals surface area contributed by atoms with Crippen molar-refractivity contribution >= 4 is 5.91 Å². The van der Waals surface area contributed by atoms with Crippen LogP contribution in [0.4, 0.5) is 0 Å². The summed E-state index contributed by atoms with van der Waals surface area (Å²) >= 11 is 0. The molecule has 5 nitrogen and oxygen atoms in total. The number of amides is 1. The number of carbonyl (C=O) groups excluding carboxylic acids is 1. The first-order valence-electron chi connectivity index (χ1n) is 8.10. The molecule has 0 bridgehead atoms. The van der Waals surface area contributed by atoms with E-state index in [1.165, 1.54) is 0 Å². The maximum absolute atomic E-state index is 12.3. The molecule has 120 valence electrons. The fourth-order valence-corrected chi connectivity index (χ4v) is 3.15. The third kappa shape index (κ3) is 3.66. The topological polar surface area (TPSA) is 53.0 Å². The maximum Gasteiger partial charge on any atom is 0.251 e. The van der Waals surface area contributed by atoms with Gasteiger partial charge >= 0.3 is 0 Å². The van der Waals surface area contributed by atoms with Gasteiger partial charge in [0.15, 0.2) is 0 Å². The van der Waals surface area contributed by atoms with Gasteiger partial charge in [-0.25, -0.2) is 0 Å². The zero-order valence-corrected chi connectivity index (χ0v) is 12.9. The number of rotatable bonds is 4. The highest BCUT2D eigenvalue weighted by Gasteiger charge is 2.30. The Bertz CT molecular complexity index is 480. The quantitative estimate of drug-likeness (QED) is 0.903. The molecule has 0 aliphatic carbocycles. The molecule has 0 saturated carbocycles. The molecule has 22 heavy (non-hydrogen) atoms. The van der Waals surface area contributed by atoms with Crippen molar-refractivity contribution in [1.82, 2.24) is 9.80 Å². The molecule has 2 aliphatic rings. The Morgan fingerprint density at radius 2 is 1.95 bits per heavy atom. The van der Waals surface area contributed by atoms with Gasteiger partial charge in [0.05, 0.1) is 6.10 Å². The molecule has 3 rings (SSSR count). The van der Waals surface area contributed by atoms with Gasteiger partial charge in [-0.2, -0.15) is 0 Å². The van der Waals surface area contributed by atoms with Crippen LogP contribution in [0.15, 0.2) is 30.3 Å². The highest BCUT2D eigenvalue weighted by molar-refractivity contribution is 5.81.